The first-order valence-corrected chi connectivity index (χ1v) is 11.2. The standard InChI is InChI=1S/C21H20ClNO4S/c22-18-7-3-2-6-17(18)20-9-10-23(11-12-28(20,25)26)21(24)16-13-15-5-1-4-8-19(15)27-14-16/h1-8,13,20H,9-12,14H2. The van der Waals surface area contributed by atoms with Crippen LogP contribution in [0.2, 0.25) is 5.02 Å². The van der Waals surface area contributed by atoms with Crippen LogP contribution < -0.4 is 4.74 Å². The number of rotatable bonds is 2. The first-order valence-electron chi connectivity index (χ1n) is 9.13. The number of nitrogens with zero attached hydrogens (tertiary/aromatic N) is 1. The van der Waals surface area contributed by atoms with E-state index in [1.54, 1.807) is 29.2 Å². The summed E-state index contributed by atoms with van der Waals surface area (Å²) in [4.78, 5) is 14.6. The molecule has 1 atom stereocenters. The lowest BCUT2D eigenvalue weighted by molar-refractivity contribution is -0.127. The number of ether oxygens (including phenoxy) is 1. The first kappa shape index (κ1) is 19.0. The van der Waals surface area contributed by atoms with E-state index in [4.69, 9.17) is 16.3 Å². The van der Waals surface area contributed by atoms with Gasteiger partial charge in [-0.25, -0.2) is 8.42 Å². The molecule has 146 valence electrons. The highest BCUT2D eigenvalue weighted by Crippen LogP contribution is 2.34. The molecule has 0 aromatic heterocycles. The predicted molar refractivity (Wildman–Crippen MR) is 109 cm³/mol. The maximum atomic E-state index is 13.0. The van der Waals surface area contributed by atoms with E-state index in [-0.39, 0.29) is 24.8 Å². The van der Waals surface area contributed by atoms with Gasteiger partial charge in [0.25, 0.3) is 5.91 Å². The molecule has 0 aliphatic carbocycles. The zero-order chi connectivity index (χ0) is 19.7. The van der Waals surface area contributed by atoms with Crippen molar-refractivity contribution in [3.8, 4) is 5.75 Å². The van der Waals surface area contributed by atoms with E-state index in [1.165, 1.54) is 0 Å². The zero-order valence-electron chi connectivity index (χ0n) is 15.2. The summed E-state index contributed by atoms with van der Waals surface area (Å²) in [7, 11) is -3.41. The molecule has 1 unspecified atom stereocenters. The van der Waals surface area contributed by atoms with E-state index in [1.807, 2.05) is 30.3 Å². The fraction of sp³-hybridized carbons (Fsp3) is 0.286. The van der Waals surface area contributed by atoms with Crippen LogP contribution in [0.15, 0.2) is 54.1 Å². The van der Waals surface area contributed by atoms with Gasteiger partial charge in [-0.3, -0.25) is 4.79 Å². The quantitative estimate of drug-likeness (QED) is 0.750. The minimum Gasteiger partial charge on any atom is -0.488 e. The molecule has 2 aliphatic heterocycles. The number of hydrogen-bond acceptors (Lipinski definition) is 4. The van der Waals surface area contributed by atoms with Gasteiger partial charge in [0.15, 0.2) is 9.84 Å². The molecule has 1 saturated heterocycles. The van der Waals surface area contributed by atoms with E-state index < -0.39 is 15.1 Å². The van der Waals surface area contributed by atoms with Crippen LogP contribution in [0.1, 0.15) is 22.8 Å². The molecule has 0 spiro atoms. The Morgan fingerprint density at radius 1 is 1.07 bits per heavy atom. The van der Waals surface area contributed by atoms with Crippen molar-refractivity contribution >= 4 is 33.4 Å². The topological polar surface area (TPSA) is 63.7 Å². The van der Waals surface area contributed by atoms with Crippen molar-refractivity contribution in [3.63, 3.8) is 0 Å². The Morgan fingerprint density at radius 2 is 1.82 bits per heavy atom. The number of carbonyl (C=O) groups is 1. The fourth-order valence-electron chi connectivity index (χ4n) is 3.68. The molecule has 4 rings (SSSR count). The SMILES string of the molecule is O=C(C1=Cc2ccccc2OC1)N1CCC(c2ccccc2Cl)S(=O)(=O)CC1. The second kappa shape index (κ2) is 7.60. The third-order valence-corrected chi connectivity index (χ3v) is 7.64. The van der Waals surface area contributed by atoms with Gasteiger partial charge in [-0.15, -0.1) is 0 Å². The average Bonchev–Trinajstić information content (AvgIpc) is 2.85. The predicted octanol–water partition coefficient (Wildman–Crippen LogP) is 3.50. The van der Waals surface area contributed by atoms with E-state index in [2.05, 4.69) is 0 Å². The first-order chi connectivity index (χ1) is 13.5. The van der Waals surface area contributed by atoms with E-state index in [0.717, 1.165) is 11.3 Å². The minimum absolute atomic E-state index is 0.0840. The summed E-state index contributed by atoms with van der Waals surface area (Å²) in [6, 6.07) is 14.5. The lowest BCUT2D eigenvalue weighted by atomic mass is 10.1. The van der Waals surface area contributed by atoms with Gasteiger partial charge >= 0.3 is 0 Å². The van der Waals surface area contributed by atoms with E-state index in [9.17, 15) is 13.2 Å². The summed E-state index contributed by atoms with van der Waals surface area (Å²) in [5.41, 5.74) is 1.99. The van der Waals surface area contributed by atoms with Crippen molar-refractivity contribution in [2.75, 3.05) is 25.4 Å². The molecular formula is C21H20ClNO4S. The van der Waals surface area contributed by atoms with Crippen LogP contribution >= 0.6 is 11.6 Å². The Bertz CT molecular complexity index is 1050. The number of para-hydroxylation sites is 1. The number of fused-ring (bicyclic) bond motifs is 1. The molecule has 0 N–H and O–H groups in total. The van der Waals surface area contributed by atoms with Crippen molar-refractivity contribution in [2.24, 2.45) is 0 Å². The van der Waals surface area contributed by atoms with Gasteiger partial charge < -0.3 is 9.64 Å². The van der Waals surface area contributed by atoms with Crippen LogP contribution in [0.5, 0.6) is 5.75 Å². The summed E-state index contributed by atoms with van der Waals surface area (Å²) < 4.78 is 31.3. The van der Waals surface area contributed by atoms with Crippen molar-refractivity contribution in [1.82, 2.24) is 4.90 Å². The van der Waals surface area contributed by atoms with E-state index in [0.29, 0.717) is 29.1 Å². The molecule has 0 bridgehead atoms. The molecule has 2 heterocycles. The number of carbonyl (C=O) groups excluding carboxylic acids is 1. The van der Waals surface area contributed by atoms with Gasteiger partial charge in [-0.05, 0) is 30.2 Å². The summed E-state index contributed by atoms with van der Waals surface area (Å²) >= 11 is 6.24. The lowest BCUT2D eigenvalue weighted by Gasteiger charge is -2.24. The fourth-order valence-corrected chi connectivity index (χ4v) is 5.82. The highest BCUT2D eigenvalue weighted by molar-refractivity contribution is 7.91. The number of sulfone groups is 1. The van der Waals surface area contributed by atoms with Crippen LogP contribution in [-0.2, 0) is 14.6 Å². The van der Waals surface area contributed by atoms with Gasteiger partial charge in [0.2, 0.25) is 0 Å². The summed E-state index contributed by atoms with van der Waals surface area (Å²) in [6.07, 6.45) is 2.15. The van der Waals surface area contributed by atoms with Gasteiger partial charge in [0, 0.05) is 23.7 Å². The van der Waals surface area contributed by atoms with Crippen LogP contribution in [0.25, 0.3) is 6.08 Å². The minimum atomic E-state index is -3.41. The average molecular weight is 418 g/mol. The van der Waals surface area contributed by atoms with Crippen molar-refractivity contribution in [2.45, 2.75) is 11.7 Å². The molecule has 2 aromatic carbocycles. The number of amides is 1. The van der Waals surface area contributed by atoms with Crippen molar-refractivity contribution < 1.29 is 17.9 Å². The van der Waals surface area contributed by atoms with Crippen LogP contribution in [-0.4, -0.2) is 44.7 Å². The number of hydrogen-bond donors (Lipinski definition) is 0. The molecule has 1 amide bonds. The molecule has 28 heavy (non-hydrogen) atoms. The number of halogens is 1. The molecule has 0 radical (unpaired) electrons. The van der Waals surface area contributed by atoms with Gasteiger partial charge in [-0.1, -0.05) is 48.0 Å². The maximum Gasteiger partial charge on any atom is 0.253 e. The summed E-state index contributed by atoms with van der Waals surface area (Å²) in [5, 5.41) is -0.257. The smallest absolute Gasteiger partial charge is 0.253 e. The second-order valence-electron chi connectivity index (χ2n) is 6.95. The normalized spacial score (nSPS) is 21.1. The summed E-state index contributed by atoms with van der Waals surface area (Å²) in [5.74, 6) is 0.486. The Morgan fingerprint density at radius 3 is 2.64 bits per heavy atom. The number of benzene rings is 2. The summed E-state index contributed by atoms with van der Waals surface area (Å²) in [6.45, 7) is 0.709. The van der Waals surface area contributed by atoms with Gasteiger partial charge in [0.1, 0.15) is 12.4 Å². The van der Waals surface area contributed by atoms with Crippen molar-refractivity contribution in [3.05, 3.63) is 70.3 Å². The molecule has 1 fully saturated rings. The highest BCUT2D eigenvalue weighted by atomic mass is 35.5. The van der Waals surface area contributed by atoms with Gasteiger partial charge in [-0.2, -0.15) is 0 Å². The lowest BCUT2D eigenvalue weighted by Crippen LogP contribution is -2.36. The zero-order valence-corrected chi connectivity index (χ0v) is 16.7. The molecule has 5 nitrogen and oxygen atoms in total. The largest absolute Gasteiger partial charge is 0.488 e. The molecule has 0 saturated carbocycles. The van der Waals surface area contributed by atoms with E-state index >= 15 is 0 Å². The highest BCUT2D eigenvalue weighted by Gasteiger charge is 2.34. The van der Waals surface area contributed by atoms with Crippen molar-refractivity contribution in [1.29, 1.82) is 0 Å². The van der Waals surface area contributed by atoms with Crippen LogP contribution in [0, 0.1) is 0 Å². The third-order valence-electron chi connectivity index (χ3n) is 5.19. The second-order valence-corrected chi connectivity index (χ2v) is 9.66. The Hall–Kier alpha value is -2.31. The molecular weight excluding hydrogens is 398 g/mol. The van der Waals surface area contributed by atoms with Crippen LogP contribution in [0.4, 0.5) is 0 Å². The monoisotopic (exact) mass is 417 g/mol. The van der Waals surface area contributed by atoms with Gasteiger partial charge in [0.05, 0.1) is 16.6 Å². The maximum absolute atomic E-state index is 13.0. The Labute approximate surface area is 169 Å². The molecule has 2 aliphatic rings. The van der Waals surface area contributed by atoms with Crippen LogP contribution in [0.3, 0.4) is 0 Å². The molecule has 7 heteroatoms. The Kier molecular flexibility index (Phi) is 5.17. The third kappa shape index (κ3) is 3.66. The molecule has 2 aromatic rings. The Balaban J connectivity index is 1.56.